The third-order valence-corrected chi connectivity index (χ3v) is 8.99. The van der Waals surface area contributed by atoms with Crippen LogP contribution in [0.25, 0.3) is 76.9 Å². The molecule has 5 aromatic heterocycles. The van der Waals surface area contributed by atoms with Crippen molar-refractivity contribution in [2.45, 2.75) is 0 Å². The molecule has 0 saturated carbocycles. The van der Waals surface area contributed by atoms with E-state index in [4.69, 9.17) is 9.72 Å². The molecule has 5 aromatic carbocycles. The predicted octanol–water partition coefficient (Wildman–Crippen LogP) is 9.71. The Labute approximate surface area is 289 Å². The summed E-state index contributed by atoms with van der Waals surface area (Å²) < 4.78 is 10.7. The Morgan fingerprint density at radius 1 is 0.542 bits per heavy atom. The van der Waals surface area contributed by atoms with Gasteiger partial charge in [-0.2, -0.15) is 0 Å². The second kappa shape index (κ2) is 11.1. The van der Waals surface area contributed by atoms with Crippen LogP contribution in [0.3, 0.4) is 0 Å². The number of ether oxygens (including phenoxy) is 1. The molecule has 0 radical (unpaired) electrons. The van der Waals surface area contributed by atoms with Crippen LogP contribution >= 0.6 is 0 Å². The van der Waals surface area contributed by atoms with E-state index in [2.05, 4.69) is 105 Å². The van der Waals surface area contributed by atoms with Crippen molar-refractivity contribution in [3.8, 4) is 33.8 Å². The van der Waals surface area contributed by atoms with Crippen molar-refractivity contribution in [1.29, 1.82) is 0 Å². The number of hydrogen-bond acceptors (Lipinski definition) is 4. The standard InChI is InChI=1S/C41H23N5O.Pt/c1-3-7-26(8-4-1)30-15-16-31(27-9-5-2-6-10-27)39-38(30)34-14-12-29(24-36(34)41-44-20-22-46(39)41)47-28-11-13-32-33-17-18-42-25-37(33)45-21-19-43-40(45)35(32)23-28;/h1-22,25H;/q-2;+2. The quantitative estimate of drug-likeness (QED) is 0.132. The molecular weight excluding hydrogens is 774 g/mol. The van der Waals surface area contributed by atoms with E-state index >= 15 is 0 Å². The fourth-order valence-corrected chi connectivity index (χ4v) is 6.95. The number of rotatable bonds is 4. The molecule has 0 N–H and O–H groups in total. The van der Waals surface area contributed by atoms with E-state index in [9.17, 15) is 0 Å². The van der Waals surface area contributed by atoms with Crippen LogP contribution in [0.4, 0.5) is 0 Å². The van der Waals surface area contributed by atoms with Gasteiger partial charge in [-0.05, 0) is 33.5 Å². The number of imidazole rings is 2. The average Bonchev–Trinajstić information content (AvgIpc) is 3.84. The normalized spacial score (nSPS) is 11.6. The maximum Gasteiger partial charge on any atom is 2.00 e. The van der Waals surface area contributed by atoms with Crippen LogP contribution in [-0.4, -0.2) is 23.8 Å². The molecule has 0 atom stereocenters. The first-order valence-electron chi connectivity index (χ1n) is 15.4. The summed E-state index contributed by atoms with van der Waals surface area (Å²) in [6.07, 6.45) is 11.3. The van der Waals surface area contributed by atoms with Gasteiger partial charge in [-0.25, -0.2) is 0 Å². The van der Waals surface area contributed by atoms with E-state index in [1.807, 2.05) is 59.7 Å². The molecule has 0 spiro atoms. The second-order valence-electron chi connectivity index (χ2n) is 11.6. The van der Waals surface area contributed by atoms with Crippen molar-refractivity contribution < 1.29 is 25.8 Å². The Bertz CT molecular complexity index is 2830. The number of pyridine rings is 3. The third kappa shape index (κ3) is 4.26. The molecule has 48 heavy (non-hydrogen) atoms. The zero-order valence-corrected chi connectivity index (χ0v) is 27.5. The summed E-state index contributed by atoms with van der Waals surface area (Å²) in [6.45, 7) is 0. The average molecular weight is 797 g/mol. The molecule has 0 aliphatic carbocycles. The Morgan fingerprint density at radius 2 is 1.15 bits per heavy atom. The second-order valence-corrected chi connectivity index (χ2v) is 11.6. The van der Waals surface area contributed by atoms with Crippen LogP contribution < -0.4 is 4.74 Å². The first-order valence-corrected chi connectivity index (χ1v) is 15.4. The summed E-state index contributed by atoms with van der Waals surface area (Å²) in [4.78, 5) is 13.8. The van der Waals surface area contributed by atoms with Gasteiger partial charge in [0.2, 0.25) is 0 Å². The third-order valence-electron chi connectivity index (χ3n) is 8.99. The number of fused-ring (bicyclic) bond motifs is 12. The summed E-state index contributed by atoms with van der Waals surface area (Å²) >= 11 is 0. The number of benzene rings is 5. The van der Waals surface area contributed by atoms with Crippen LogP contribution in [0, 0.1) is 12.1 Å². The molecule has 0 amide bonds. The van der Waals surface area contributed by atoms with Crippen LogP contribution in [0.1, 0.15) is 0 Å². The zero-order chi connectivity index (χ0) is 30.9. The van der Waals surface area contributed by atoms with Gasteiger partial charge in [-0.15, -0.1) is 12.1 Å². The largest absolute Gasteiger partial charge is 2.00 e. The van der Waals surface area contributed by atoms with Crippen molar-refractivity contribution in [2.75, 3.05) is 0 Å². The minimum Gasteiger partial charge on any atom is -0.497 e. The molecule has 0 fully saturated rings. The smallest absolute Gasteiger partial charge is 0.497 e. The van der Waals surface area contributed by atoms with Crippen molar-refractivity contribution in [3.63, 3.8) is 0 Å². The van der Waals surface area contributed by atoms with Crippen molar-refractivity contribution in [3.05, 3.63) is 152 Å². The molecule has 0 unspecified atom stereocenters. The van der Waals surface area contributed by atoms with E-state index in [0.717, 1.165) is 76.9 Å². The maximum atomic E-state index is 6.48. The molecule has 10 rings (SSSR count). The summed E-state index contributed by atoms with van der Waals surface area (Å²) in [6, 6.07) is 42.8. The number of nitrogens with zero attached hydrogens (tertiary/aromatic N) is 5. The van der Waals surface area contributed by atoms with Gasteiger partial charge < -0.3 is 13.5 Å². The van der Waals surface area contributed by atoms with Gasteiger partial charge in [0.1, 0.15) is 0 Å². The molecule has 0 aliphatic heterocycles. The van der Waals surface area contributed by atoms with Crippen molar-refractivity contribution in [1.82, 2.24) is 23.8 Å². The maximum absolute atomic E-state index is 6.48. The first-order chi connectivity index (χ1) is 23.3. The molecular formula is C41H23N5OPt. The van der Waals surface area contributed by atoms with Crippen LogP contribution in [0.2, 0.25) is 0 Å². The predicted molar refractivity (Wildman–Crippen MR) is 187 cm³/mol. The minimum atomic E-state index is 0. The summed E-state index contributed by atoms with van der Waals surface area (Å²) in [5.74, 6) is 1.17. The van der Waals surface area contributed by atoms with Gasteiger partial charge in [0.05, 0.1) is 16.8 Å². The topological polar surface area (TPSA) is 56.7 Å². The Hall–Kier alpha value is -5.84. The van der Waals surface area contributed by atoms with E-state index in [-0.39, 0.29) is 21.1 Å². The van der Waals surface area contributed by atoms with E-state index in [1.165, 1.54) is 0 Å². The first kappa shape index (κ1) is 28.4. The fraction of sp³-hybridized carbons (Fsp3) is 0. The molecule has 0 aliphatic rings. The Balaban J connectivity index is 0.00000314. The Kier molecular flexibility index (Phi) is 6.59. The van der Waals surface area contributed by atoms with Gasteiger partial charge in [-0.3, -0.25) is 15.0 Å². The van der Waals surface area contributed by atoms with Crippen molar-refractivity contribution in [2.24, 2.45) is 0 Å². The minimum absolute atomic E-state index is 0. The molecule has 5 heterocycles. The Morgan fingerprint density at radius 3 is 1.88 bits per heavy atom. The van der Waals surface area contributed by atoms with Crippen LogP contribution in [0.5, 0.6) is 11.5 Å². The summed E-state index contributed by atoms with van der Waals surface area (Å²) in [5, 5.41) is 6.10. The van der Waals surface area contributed by atoms with Gasteiger partial charge in [-0.1, -0.05) is 119 Å². The summed E-state index contributed by atoms with van der Waals surface area (Å²) in [5.41, 5.74) is 8.33. The van der Waals surface area contributed by atoms with Crippen LogP contribution in [-0.2, 0) is 21.1 Å². The molecule has 0 saturated heterocycles. The SMILES string of the molecule is [Pt+2].[c-]1c(Oc2[c-]c3c(cc2)c2c(-c4ccccc4)ccc(-c4ccccc4)c2n2ccnc32)ccc2c1c1nccn1c1cnccc21. The van der Waals surface area contributed by atoms with Gasteiger partial charge in [0.25, 0.3) is 0 Å². The monoisotopic (exact) mass is 796 g/mol. The van der Waals surface area contributed by atoms with Crippen LogP contribution in [0.15, 0.2) is 140 Å². The number of hydrogen-bond donors (Lipinski definition) is 0. The molecule has 7 heteroatoms. The number of aromatic nitrogens is 5. The van der Waals surface area contributed by atoms with Gasteiger partial charge in [0, 0.05) is 59.8 Å². The summed E-state index contributed by atoms with van der Waals surface area (Å²) in [7, 11) is 0. The molecule has 0 bridgehead atoms. The van der Waals surface area contributed by atoms with E-state index < -0.39 is 0 Å². The molecule has 10 aromatic rings. The molecule has 6 nitrogen and oxygen atoms in total. The molecule has 228 valence electrons. The zero-order valence-electron chi connectivity index (χ0n) is 25.2. The van der Waals surface area contributed by atoms with Gasteiger partial charge >= 0.3 is 21.1 Å². The van der Waals surface area contributed by atoms with Gasteiger partial charge in [0.15, 0.2) is 0 Å². The van der Waals surface area contributed by atoms with Crippen molar-refractivity contribution >= 4 is 54.6 Å². The fourth-order valence-electron chi connectivity index (χ4n) is 6.95. The van der Waals surface area contributed by atoms with E-state index in [1.54, 1.807) is 6.20 Å². The van der Waals surface area contributed by atoms with E-state index in [0.29, 0.717) is 11.5 Å².